The van der Waals surface area contributed by atoms with Gasteiger partial charge in [-0.2, -0.15) is 5.10 Å². The van der Waals surface area contributed by atoms with E-state index in [0.29, 0.717) is 12.8 Å². The van der Waals surface area contributed by atoms with E-state index in [9.17, 15) is 4.79 Å². The zero-order valence-electron chi connectivity index (χ0n) is 12.7. The molecule has 2 heterocycles. The zero-order valence-corrected chi connectivity index (χ0v) is 12.7. The van der Waals surface area contributed by atoms with Crippen molar-refractivity contribution in [2.75, 3.05) is 5.32 Å². The van der Waals surface area contributed by atoms with E-state index in [1.807, 2.05) is 44.2 Å². The summed E-state index contributed by atoms with van der Waals surface area (Å²) in [4.78, 5) is 16.5. The van der Waals surface area contributed by atoms with Gasteiger partial charge in [0.15, 0.2) is 0 Å². The van der Waals surface area contributed by atoms with Crippen LogP contribution in [-0.2, 0) is 11.2 Å². The van der Waals surface area contributed by atoms with Gasteiger partial charge in [-0.1, -0.05) is 18.2 Å². The van der Waals surface area contributed by atoms with Gasteiger partial charge < -0.3 is 5.32 Å². The van der Waals surface area contributed by atoms with E-state index in [1.165, 1.54) is 0 Å². The molecule has 0 bridgehead atoms. The van der Waals surface area contributed by atoms with Crippen LogP contribution in [0.2, 0.25) is 0 Å². The summed E-state index contributed by atoms with van der Waals surface area (Å²) in [6, 6.07) is 9.65. The van der Waals surface area contributed by atoms with Gasteiger partial charge in [0.1, 0.15) is 0 Å². The van der Waals surface area contributed by atoms with Crippen LogP contribution in [-0.4, -0.2) is 21.1 Å². The van der Waals surface area contributed by atoms with Gasteiger partial charge in [0, 0.05) is 23.7 Å². The maximum Gasteiger partial charge on any atom is 0.224 e. The van der Waals surface area contributed by atoms with Crippen molar-refractivity contribution in [1.29, 1.82) is 0 Å². The molecule has 0 fully saturated rings. The number of nitrogens with zero attached hydrogens (tertiary/aromatic N) is 2. The van der Waals surface area contributed by atoms with Gasteiger partial charge in [-0.15, -0.1) is 0 Å². The Morgan fingerprint density at radius 1 is 1.23 bits per heavy atom. The van der Waals surface area contributed by atoms with E-state index in [4.69, 9.17) is 0 Å². The molecule has 22 heavy (non-hydrogen) atoms. The lowest BCUT2D eigenvalue weighted by Gasteiger charge is -2.08. The van der Waals surface area contributed by atoms with Crippen molar-refractivity contribution in [2.24, 2.45) is 0 Å². The molecule has 2 N–H and O–H groups in total. The number of amides is 1. The van der Waals surface area contributed by atoms with Crippen molar-refractivity contribution in [1.82, 2.24) is 15.2 Å². The first-order valence-electron chi connectivity index (χ1n) is 7.29. The minimum atomic E-state index is -0.0156. The average molecular weight is 294 g/mol. The molecule has 0 aliphatic heterocycles. The number of carbonyl (C=O) groups is 1. The predicted octanol–water partition coefficient (Wildman–Crippen LogP) is 3.15. The molecule has 0 saturated heterocycles. The van der Waals surface area contributed by atoms with Crippen LogP contribution < -0.4 is 5.32 Å². The normalized spacial score (nSPS) is 10.8. The number of nitrogens with one attached hydrogen (secondary N) is 2. The lowest BCUT2D eigenvalue weighted by molar-refractivity contribution is -0.116. The summed E-state index contributed by atoms with van der Waals surface area (Å²) in [5.74, 6) is -0.0156. The molecule has 3 rings (SSSR count). The molecule has 0 atom stereocenters. The molecule has 2 aromatic heterocycles. The summed E-state index contributed by atoms with van der Waals surface area (Å²) in [6.45, 7) is 3.92. The quantitative estimate of drug-likeness (QED) is 0.776. The highest BCUT2D eigenvalue weighted by molar-refractivity contribution is 6.00. The van der Waals surface area contributed by atoms with Crippen LogP contribution in [0.3, 0.4) is 0 Å². The van der Waals surface area contributed by atoms with Gasteiger partial charge >= 0.3 is 0 Å². The number of pyridine rings is 1. The molecule has 0 unspecified atom stereocenters. The Labute approximate surface area is 128 Å². The highest BCUT2D eigenvalue weighted by atomic mass is 16.1. The van der Waals surface area contributed by atoms with Crippen LogP contribution in [0.25, 0.3) is 10.9 Å². The molecule has 0 radical (unpaired) electrons. The number of benzene rings is 1. The van der Waals surface area contributed by atoms with Gasteiger partial charge in [-0.3, -0.25) is 14.9 Å². The van der Waals surface area contributed by atoms with E-state index >= 15 is 0 Å². The van der Waals surface area contributed by atoms with Crippen LogP contribution in [0.15, 0.2) is 36.5 Å². The van der Waals surface area contributed by atoms with Crippen molar-refractivity contribution in [2.45, 2.75) is 26.7 Å². The smallest absolute Gasteiger partial charge is 0.224 e. The van der Waals surface area contributed by atoms with E-state index in [-0.39, 0.29) is 5.91 Å². The number of aromatic amines is 1. The van der Waals surface area contributed by atoms with Crippen molar-refractivity contribution in [3.63, 3.8) is 0 Å². The number of H-pyrrole nitrogens is 1. The van der Waals surface area contributed by atoms with Crippen LogP contribution in [0.4, 0.5) is 5.69 Å². The lowest BCUT2D eigenvalue weighted by Crippen LogP contribution is -2.13. The Balaban J connectivity index is 1.71. The Bertz CT molecular complexity index is 798. The zero-order chi connectivity index (χ0) is 15.5. The molecule has 0 saturated carbocycles. The highest BCUT2D eigenvalue weighted by Crippen LogP contribution is 2.21. The third-order valence-electron chi connectivity index (χ3n) is 3.79. The fourth-order valence-corrected chi connectivity index (χ4v) is 2.60. The maximum absolute atomic E-state index is 12.2. The molecule has 5 heteroatoms. The van der Waals surface area contributed by atoms with Crippen molar-refractivity contribution < 1.29 is 4.79 Å². The monoisotopic (exact) mass is 294 g/mol. The maximum atomic E-state index is 12.2. The first-order valence-corrected chi connectivity index (χ1v) is 7.29. The Morgan fingerprint density at radius 3 is 2.82 bits per heavy atom. The number of anilines is 1. The SMILES string of the molecule is Cc1n[nH]c(C)c1CCC(=O)Nc1cccc2cccnc12. The second-order valence-electron chi connectivity index (χ2n) is 5.34. The molecule has 0 aliphatic carbocycles. The standard InChI is InChI=1S/C17H18N4O/c1-11-14(12(2)21-20-11)8-9-16(22)19-15-7-3-5-13-6-4-10-18-17(13)15/h3-7,10H,8-9H2,1-2H3,(H,19,22)(H,20,21). The van der Waals surface area contributed by atoms with Crippen LogP contribution in [0.1, 0.15) is 23.4 Å². The molecule has 0 spiro atoms. The average Bonchev–Trinajstić information content (AvgIpc) is 2.84. The van der Waals surface area contributed by atoms with Crippen LogP contribution >= 0.6 is 0 Å². The molecule has 0 aliphatic rings. The number of hydrogen-bond acceptors (Lipinski definition) is 3. The van der Waals surface area contributed by atoms with E-state index in [2.05, 4.69) is 20.5 Å². The van der Waals surface area contributed by atoms with Gasteiger partial charge in [-0.25, -0.2) is 0 Å². The number of aromatic nitrogens is 3. The highest BCUT2D eigenvalue weighted by Gasteiger charge is 2.10. The molecular formula is C17H18N4O. The third kappa shape index (κ3) is 2.83. The predicted molar refractivity (Wildman–Crippen MR) is 86.8 cm³/mol. The molecular weight excluding hydrogens is 276 g/mol. The van der Waals surface area contributed by atoms with Gasteiger partial charge in [0.05, 0.1) is 16.9 Å². The van der Waals surface area contributed by atoms with Gasteiger partial charge in [0.2, 0.25) is 5.91 Å². The number of rotatable bonds is 4. The second kappa shape index (κ2) is 5.97. The summed E-state index contributed by atoms with van der Waals surface area (Å²) in [5.41, 5.74) is 4.67. The molecule has 112 valence electrons. The van der Waals surface area contributed by atoms with E-state index in [0.717, 1.165) is 33.5 Å². The van der Waals surface area contributed by atoms with Crippen LogP contribution in [0.5, 0.6) is 0 Å². The van der Waals surface area contributed by atoms with Crippen molar-refractivity contribution in [3.8, 4) is 0 Å². The van der Waals surface area contributed by atoms with Crippen molar-refractivity contribution >= 4 is 22.5 Å². The van der Waals surface area contributed by atoms with Crippen LogP contribution in [0, 0.1) is 13.8 Å². The largest absolute Gasteiger partial charge is 0.324 e. The molecule has 3 aromatic rings. The molecule has 5 nitrogen and oxygen atoms in total. The molecule has 1 aromatic carbocycles. The Morgan fingerprint density at radius 2 is 2.05 bits per heavy atom. The van der Waals surface area contributed by atoms with Gasteiger partial charge in [0.25, 0.3) is 0 Å². The fraction of sp³-hybridized carbons (Fsp3) is 0.235. The summed E-state index contributed by atoms with van der Waals surface area (Å²) in [5, 5.41) is 11.1. The summed E-state index contributed by atoms with van der Waals surface area (Å²) in [7, 11) is 0. The molecule has 1 amide bonds. The number of carbonyl (C=O) groups excluding carboxylic acids is 1. The lowest BCUT2D eigenvalue weighted by atomic mass is 10.1. The van der Waals surface area contributed by atoms with Crippen molar-refractivity contribution in [3.05, 3.63) is 53.5 Å². The number of aryl methyl sites for hydroxylation is 2. The second-order valence-corrected chi connectivity index (χ2v) is 5.34. The third-order valence-corrected chi connectivity index (χ3v) is 3.79. The first kappa shape index (κ1) is 14.3. The summed E-state index contributed by atoms with van der Waals surface area (Å²) >= 11 is 0. The fourth-order valence-electron chi connectivity index (χ4n) is 2.60. The minimum absolute atomic E-state index is 0.0156. The first-order chi connectivity index (χ1) is 10.6. The number of fused-ring (bicyclic) bond motifs is 1. The number of para-hydroxylation sites is 1. The minimum Gasteiger partial charge on any atom is -0.324 e. The van der Waals surface area contributed by atoms with Gasteiger partial charge in [-0.05, 0) is 38.0 Å². The summed E-state index contributed by atoms with van der Waals surface area (Å²) in [6.07, 6.45) is 2.83. The summed E-state index contributed by atoms with van der Waals surface area (Å²) < 4.78 is 0. The topological polar surface area (TPSA) is 70.7 Å². The number of hydrogen-bond donors (Lipinski definition) is 2. The van der Waals surface area contributed by atoms with E-state index in [1.54, 1.807) is 6.20 Å². The van der Waals surface area contributed by atoms with E-state index < -0.39 is 0 Å². The Kier molecular flexibility index (Phi) is 3.87. The Hall–Kier alpha value is -2.69.